The Morgan fingerprint density at radius 3 is 2.68 bits per heavy atom. The summed E-state index contributed by atoms with van der Waals surface area (Å²) in [4.78, 5) is 26.9. The predicted molar refractivity (Wildman–Crippen MR) is 99.2 cm³/mol. The van der Waals surface area contributed by atoms with Gasteiger partial charge in [-0.2, -0.15) is 0 Å². The highest BCUT2D eigenvalue weighted by atomic mass is 32.2. The van der Waals surface area contributed by atoms with E-state index in [-0.39, 0.29) is 24.4 Å². The van der Waals surface area contributed by atoms with E-state index in [0.717, 1.165) is 29.2 Å². The van der Waals surface area contributed by atoms with Crippen molar-refractivity contribution < 1.29 is 9.59 Å². The molecule has 2 amide bonds. The van der Waals surface area contributed by atoms with Crippen LogP contribution in [0.4, 0.5) is 5.69 Å². The van der Waals surface area contributed by atoms with Crippen molar-refractivity contribution in [2.24, 2.45) is 0 Å². The Balaban J connectivity index is 1.63. The molecular formula is C19H21N3O2S. The zero-order chi connectivity index (χ0) is 17.2. The van der Waals surface area contributed by atoms with Crippen molar-refractivity contribution in [3.8, 4) is 5.69 Å². The summed E-state index contributed by atoms with van der Waals surface area (Å²) >= 11 is 1.51. The lowest BCUT2D eigenvalue weighted by atomic mass is 10.2. The van der Waals surface area contributed by atoms with Crippen LogP contribution in [0.5, 0.6) is 0 Å². The van der Waals surface area contributed by atoms with Crippen molar-refractivity contribution in [3.63, 3.8) is 0 Å². The van der Waals surface area contributed by atoms with E-state index >= 15 is 0 Å². The molecule has 0 atom stereocenters. The zero-order valence-electron chi connectivity index (χ0n) is 14.0. The van der Waals surface area contributed by atoms with Gasteiger partial charge in [-0.25, -0.2) is 0 Å². The van der Waals surface area contributed by atoms with Crippen molar-refractivity contribution in [2.45, 2.75) is 36.8 Å². The molecule has 4 rings (SSSR count). The Morgan fingerprint density at radius 1 is 1.12 bits per heavy atom. The Kier molecular flexibility index (Phi) is 4.53. The van der Waals surface area contributed by atoms with E-state index in [1.54, 1.807) is 4.90 Å². The van der Waals surface area contributed by atoms with Crippen LogP contribution in [0.15, 0.2) is 47.6 Å². The average Bonchev–Trinajstić information content (AvgIpc) is 3.28. The van der Waals surface area contributed by atoms with Gasteiger partial charge in [0.15, 0.2) is 0 Å². The fraction of sp³-hybridized carbons (Fsp3) is 0.368. The first-order chi connectivity index (χ1) is 12.2. The topological polar surface area (TPSA) is 54.3 Å². The minimum absolute atomic E-state index is 0.0357. The number of anilines is 1. The van der Waals surface area contributed by atoms with Crippen LogP contribution in [-0.4, -0.2) is 34.7 Å². The number of rotatable bonds is 3. The van der Waals surface area contributed by atoms with Gasteiger partial charge in [0.25, 0.3) is 0 Å². The van der Waals surface area contributed by atoms with Crippen molar-refractivity contribution in [1.29, 1.82) is 0 Å². The molecule has 0 unspecified atom stereocenters. The highest BCUT2D eigenvalue weighted by molar-refractivity contribution is 7.99. The van der Waals surface area contributed by atoms with Crippen LogP contribution in [-0.2, 0) is 9.59 Å². The molecule has 0 radical (unpaired) electrons. The number of fused-ring (bicyclic) bond motifs is 3. The maximum Gasteiger partial charge on any atom is 0.240 e. The Hall–Kier alpha value is -2.21. The standard InChI is InChI=1S/C19H21N3O2S/c23-17(20-14-6-1-2-7-14)12-22-16-9-4-3-8-15(16)21-11-5-10-19(21)25-13-18(22)24/h3-5,8-11,14H,1-2,6-7,12-13H2,(H,20,23). The third kappa shape index (κ3) is 3.31. The van der Waals surface area contributed by atoms with Crippen LogP contribution in [0, 0.1) is 0 Å². The molecular weight excluding hydrogens is 334 g/mol. The minimum Gasteiger partial charge on any atom is -0.352 e. The summed E-state index contributed by atoms with van der Waals surface area (Å²) in [6.45, 7) is 0.0729. The summed E-state index contributed by atoms with van der Waals surface area (Å²) < 4.78 is 2.08. The summed E-state index contributed by atoms with van der Waals surface area (Å²) in [5.41, 5.74) is 1.71. The molecule has 1 N–H and O–H groups in total. The molecule has 0 bridgehead atoms. The molecule has 1 aliphatic carbocycles. The normalized spacial score (nSPS) is 17.6. The lowest BCUT2D eigenvalue weighted by molar-refractivity contribution is -0.123. The maximum absolute atomic E-state index is 12.8. The summed E-state index contributed by atoms with van der Waals surface area (Å²) in [6.07, 6.45) is 6.42. The van der Waals surface area contributed by atoms with E-state index in [0.29, 0.717) is 5.75 Å². The summed E-state index contributed by atoms with van der Waals surface area (Å²) in [7, 11) is 0. The fourth-order valence-electron chi connectivity index (χ4n) is 3.59. The van der Waals surface area contributed by atoms with E-state index in [4.69, 9.17) is 0 Å². The summed E-state index contributed by atoms with van der Waals surface area (Å²) in [6, 6.07) is 12.0. The number of thioether (sulfide) groups is 1. The van der Waals surface area contributed by atoms with Gasteiger partial charge in [0.1, 0.15) is 6.54 Å². The molecule has 2 aromatic rings. The first kappa shape index (κ1) is 16.3. The van der Waals surface area contributed by atoms with Crippen molar-refractivity contribution in [3.05, 3.63) is 42.6 Å². The van der Waals surface area contributed by atoms with E-state index in [2.05, 4.69) is 9.88 Å². The third-order valence-electron chi connectivity index (χ3n) is 4.81. The fourth-order valence-corrected chi connectivity index (χ4v) is 4.49. The minimum atomic E-state index is -0.0756. The number of amides is 2. The van der Waals surface area contributed by atoms with Gasteiger partial charge in [0, 0.05) is 12.2 Å². The second-order valence-corrected chi connectivity index (χ2v) is 7.52. The SMILES string of the molecule is O=C(CN1C(=O)CSc2cccn2-c2ccccc21)NC1CCCC1. The summed E-state index contributed by atoms with van der Waals surface area (Å²) in [5.74, 6) is 0.217. The van der Waals surface area contributed by atoms with Crippen LogP contribution < -0.4 is 10.2 Å². The van der Waals surface area contributed by atoms with Crippen LogP contribution >= 0.6 is 11.8 Å². The number of hydrogen-bond donors (Lipinski definition) is 1. The molecule has 6 heteroatoms. The maximum atomic E-state index is 12.8. The number of para-hydroxylation sites is 2. The Morgan fingerprint density at radius 2 is 1.88 bits per heavy atom. The second-order valence-electron chi connectivity index (χ2n) is 6.52. The summed E-state index contributed by atoms with van der Waals surface area (Å²) in [5, 5.41) is 4.12. The van der Waals surface area contributed by atoms with Crippen molar-refractivity contribution in [1.82, 2.24) is 9.88 Å². The first-order valence-corrected chi connectivity index (χ1v) is 9.70. The van der Waals surface area contributed by atoms with E-state index < -0.39 is 0 Å². The average molecular weight is 355 g/mol. The van der Waals surface area contributed by atoms with Gasteiger partial charge >= 0.3 is 0 Å². The lowest BCUT2D eigenvalue weighted by Crippen LogP contribution is -2.45. The van der Waals surface area contributed by atoms with E-state index in [9.17, 15) is 9.59 Å². The molecule has 2 heterocycles. The number of aromatic nitrogens is 1. The lowest BCUT2D eigenvalue weighted by Gasteiger charge is -2.28. The van der Waals surface area contributed by atoms with Gasteiger partial charge < -0.3 is 14.8 Å². The molecule has 1 aliphatic heterocycles. The van der Waals surface area contributed by atoms with Crippen LogP contribution in [0.1, 0.15) is 25.7 Å². The highest BCUT2D eigenvalue weighted by Gasteiger charge is 2.26. The van der Waals surface area contributed by atoms with Crippen LogP contribution in [0.2, 0.25) is 0 Å². The van der Waals surface area contributed by atoms with Gasteiger partial charge in [-0.1, -0.05) is 36.7 Å². The van der Waals surface area contributed by atoms with Crippen molar-refractivity contribution >= 4 is 29.3 Å². The molecule has 1 aromatic heterocycles. The highest BCUT2D eigenvalue weighted by Crippen LogP contribution is 2.33. The molecule has 25 heavy (non-hydrogen) atoms. The van der Waals surface area contributed by atoms with Gasteiger partial charge in [-0.3, -0.25) is 9.59 Å². The second kappa shape index (κ2) is 6.96. The molecule has 2 aliphatic rings. The number of nitrogens with one attached hydrogen (secondary N) is 1. The largest absolute Gasteiger partial charge is 0.352 e. The number of nitrogens with zero attached hydrogens (tertiary/aromatic N) is 2. The first-order valence-electron chi connectivity index (χ1n) is 8.71. The van der Waals surface area contributed by atoms with Gasteiger partial charge in [-0.05, 0) is 37.1 Å². The third-order valence-corrected chi connectivity index (χ3v) is 5.83. The molecule has 5 nitrogen and oxygen atoms in total. The van der Waals surface area contributed by atoms with Crippen LogP contribution in [0.25, 0.3) is 5.69 Å². The van der Waals surface area contributed by atoms with E-state index in [1.165, 1.54) is 24.6 Å². The van der Waals surface area contributed by atoms with Crippen LogP contribution in [0.3, 0.4) is 0 Å². The van der Waals surface area contributed by atoms with Crippen molar-refractivity contribution in [2.75, 3.05) is 17.2 Å². The molecule has 0 spiro atoms. The monoisotopic (exact) mass is 355 g/mol. The quantitative estimate of drug-likeness (QED) is 0.921. The molecule has 130 valence electrons. The van der Waals surface area contributed by atoms with Gasteiger partial charge in [0.05, 0.1) is 22.2 Å². The smallest absolute Gasteiger partial charge is 0.240 e. The molecule has 1 fully saturated rings. The molecule has 1 aromatic carbocycles. The Labute approximate surface area is 151 Å². The number of carbonyl (C=O) groups excluding carboxylic acids is 2. The molecule has 0 saturated heterocycles. The van der Waals surface area contributed by atoms with E-state index in [1.807, 2.05) is 42.6 Å². The Bertz CT molecular complexity index is 795. The molecule has 1 saturated carbocycles. The van der Waals surface area contributed by atoms with Gasteiger partial charge in [-0.15, -0.1) is 0 Å². The number of hydrogen-bond acceptors (Lipinski definition) is 3. The van der Waals surface area contributed by atoms with Gasteiger partial charge in [0.2, 0.25) is 11.8 Å². The number of benzene rings is 1. The number of carbonyl (C=O) groups is 2. The zero-order valence-corrected chi connectivity index (χ0v) is 14.8. The predicted octanol–water partition coefficient (Wildman–Crippen LogP) is 2.97.